The van der Waals surface area contributed by atoms with Crippen molar-refractivity contribution in [3.8, 4) is 0 Å². The number of rotatable bonds is 7. The summed E-state index contributed by atoms with van der Waals surface area (Å²) in [6.07, 6.45) is -2.10. The van der Waals surface area contributed by atoms with Crippen molar-refractivity contribution in [3.05, 3.63) is 24.7 Å². The number of carbonyl (C=O) groups excluding carboxylic acids is 3. The molecule has 0 aromatic carbocycles. The van der Waals surface area contributed by atoms with Gasteiger partial charge in [-0.05, 0) is 0 Å². The predicted molar refractivity (Wildman–Crippen MR) is 102 cm³/mol. The molecule has 29 heavy (non-hydrogen) atoms. The van der Waals surface area contributed by atoms with E-state index in [4.69, 9.17) is 25.8 Å². The second kappa shape index (κ2) is 9.13. The van der Waals surface area contributed by atoms with E-state index in [1.165, 1.54) is 17.2 Å². The van der Waals surface area contributed by atoms with Crippen LogP contribution in [0.2, 0.25) is 0 Å². The van der Waals surface area contributed by atoms with Crippen LogP contribution in [-0.4, -0.2) is 59.3 Å². The summed E-state index contributed by atoms with van der Waals surface area (Å²) >= 11 is 6.11. The zero-order valence-corrected chi connectivity index (χ0v) is 17.6. The highest BCUT2D eigenvalue weighted by atomic mass is 35.5. The minimum atomic E-state index is -1.86. The normalized spacial score (nSPS) is 29.4. The lowest BCUT2D eigenvalue weighted by Crippen LogP contribution is -2.51. The molecule has 0 bridgehead atoms. The van der Waals surface area contributed by atoms with Crippen molar-refractivity contribution in [3.63, 3.8) is 0 Å². The third-order valence-electron chi connectivity index (χ3n) is 4.55. The zero-order valence-electron chi connectivity index (χ0n) is 16.8. The molecule has 1 amide bonds. The van der Waals surface area contributed by atoms with Crippen LogP contribution >= 0.6 is 11.6 Å². The summed E-state index contributed by atoms with van der Waals surface area (Å²) in [4.78, 5) is 36.9. The number of carbonyl (C=O) groups is 3. The van der Waals surface area contributed by atoms with Gasteiger partial charge in [-0.25, -0.2) is 4.39 Å². The van der Waals surface area contributed by atoms with E-state index in [1.807, 2.05) is 0 Å². The molecular weight excluding hydrogens is 407 g/mol. The van der Waals surface area contributed by atoms with Crippen LogP contribution in [0.25, 0.3) is 0 Å². The molecule has 8 nitrogen and oxygen atoms in total. The van der Waals surface area contributed by atoms with Gasteiger partial charge in [-0.1, -0.05) is 34.3 Å². The second-order valence-electron chi connectivity index (χ2n) is 7.58. The molecule has 1 N–H and O–H groups in total. The number of ether oxygens (including phenoxy) is 3. The van der Waals surface area contributed by atoms with Crippen molar-refractivity contribution in [2.45, 2.75) is 51.8 Å². The molecule has 0 spiro atoms. The fourth-order valence-corrected chi connectivity index (χ4v) is 3.10. The number of nitrogens with zero attached hydrogens (tertiary/aromatic N) is 1. The van der Waals surface area contributed by atoms with E-state index in [0.717, 1.165) is 0 Å². The quantitative estimate of drug-likeness (QED) is 0.484. The highest BCUT2D eigenvalue weighted by molar-refractivity contribution is 6.18. The molecule has 4 atom stereocenters. The number of alkyl halides is 2. The number of esters is 2. The molecule has 0 aromatic heterocycles. The predicted octanol–water partition coefficient (Wildman–Crippen LogP) is 1.84. The molecule has 1 saturated heterocycles. The zero-order chi connectivity index (χ0) is 21.9. The van der Waals surface area contributed by atoms with Gasteiger partial charge < -0.3 is 24.4 Å². The molecule has 2 heterocycles. The van der Waals surface area contributed by atoms with Crippen LogP contribution in [-0.2, 0) is 28.6 Å². The minimum Gasteiger partial charge on any atom is -0.462 e. The van der Waals surface area contributed by atoms with Crippen LogP contribution in [0.1, 0.15) is 27.7 Å². The van der Waals surface area contributed by atoms with E-state index in [9.17, 15) is 14.4 Å². The van der Waals surface area contributed by atoms with Crippen LogP contribution in [0.5, 0.6) is 0 Å². The summed E-state index contributed by atoms with van der Waals surface area (Å²) in [7, 11) is 0. The van der Waals surface area contributed by atoms with Gasteiger partial charge in [-0.15, -0.1) is 11.6 Å². The summed E-state index contributed by atoms with van der Waals surface area (Å²) in [5, 5.41) is 2.44. The lowest BCUT2D eigenvalue weighted by molar-refractivity contribution is -0.178. The second-order valence-corrected chi connectivity index (χ2v) is 7.85. The SMILES string of the molecule is C=C1NC(=O)C=CN1[C@@H]1O[C@](CCl)(COC(=O)C(C)C)[C@@H](OC(=O)C(C)C)[C@H]1F. The van der Waals surface area contributed by atoms with Crippen LogP contribution in [0, 0.1) is 11.8 Å². The average molecular weight is 433 g/mol. The van der Waals surface area contributed by atoms with Crippen molar-refractivity contribution in [2.75, 3.05) is 12.5 Å². The van der Waals surface area contributed by atoms with Gasteiger partial charge in [-0.2, -0.15) is 0 Å². The van der Waals surface area contributed by atoms with E-state index in [2.05, 4.69) is 11.9 Å². The number of amides is 1. The molecule has 0 radical (unpaired) electrons. The van der Waals surface area contributed by atoms with E-state index in [-0.39, 0.29) is 11.7 Å². The summed E-state index contributed by atoms with van der Waals surface area (Å²) in [5.41, 5.74) is -1.61. The van der Waals surface area contributed by atoms with Crippen LogP contribution in [0.15, 0.2) is 24.7 Å². The number of hydrogen-bond acceptors (Lipinski definition) is 7. The van der Waals surface area contributed by atoms with E-state index in [1.54, 1.807) is 27.7 Å². The monoisotopic (exact) mass is 432 g/mol. The van der Waals surface area contributed by atoms with Gasteiger partial charge in [0.05, 0.1) is 17.7 Å². The maximum absolute atomic E-state index is 15.5. The van der Waals surface area contributed by atoms with Crippen molar-refractivity contribution >= 4 is 29.4 Å². The number of nitrogens with one attached hydrogen (secondary N) is 1. The first-order valence-electron chi connectivity index (χ1n) is 9.24. The Hall–Kier alpha value is -2.13. The summed E-state index contributed by atoms with van der Waals surface area (Å²) < 4.78 is 32.0. The molecular formula is C19H26ClFN2O6. The molecule has 0 unspecified atom stereocenters. The first kappa shape index (κ1) is 23.2. The minimum absolute atomic E-state index is 0.0867. The van der Waals surface area contributed by atoms with Crippen molar-refractivity contribution in [1.29, 1.82) is 0 Å². The summed E-state index contributed by atoms with van der Waals surface area (Å²) in [6, 6.07) is 0. The van der Waals surface area contributed by atoms with Crippen LogP contribution < -0.4 is 5.32 Å². The van der Waals surface area contributed by atoms with Crippen LogP contribution in [0.3, 0.4) is 0 Å². The Labute approximate surface area is 174 Å². The molecule has 2 rings (SSSR count). The smallest absolute Gasteiger partial charge is 0.308 e. The Kier molecular flexibility index (Phi) is 7.29. The van der Waals surface area contributed by atoms with Gasteiger partial charge >= 0.3 is 11.9 Å². The largest absolute Gasteiger partial charge is 0.462 e. The fraction of sp³-hybridized carbons (Fsp3) is 0.632. The Morgan fingerprint density at radius 2 is 1.97 bits per heavy atom. The van der Waals surface area contributed by atoms with Crippen molar-refractivity contribution in [2.24, 2.45) is 11.8 Å². The molecule has 0 aromatic rings. The topological polar surface area (TPSA) is 94.2 Å². The Bertz CT molecular complexity index is 713. The number of hydrogen-bond donors (Lipinski definition) is 1. The highest BCUT2D eigenvalue weighted by Crippen LogP contribution is 2.40. The third kappa shape index (κ3) is 4.90. The molecule has 0 saturated carbocycles. The number of halogens is 2. The fourth-order valence-electron chi connectivity index (χ4n) is 2.80. The van der Waals surface area contributed by atoms with Crippen molar-refractivity contribution < 1.29 is 33.0 Å². The standard InChI is InChI=1S/C19H26ClFN2O6/c1-10(2)17(25)27-9-19(8-20)15(28-18(26)11(3)4)14(21)16(29-19)23-7-6-13(24)22-12(23)5/h6-7,10-11,14-16H,5,8-9H2,1-4H3,(H,22,24)/t14-,15+,16-,19-/m1/s1. The van der Waals surface area contributed by atoms with Gasteiger partial charge in [0.25, 0.3) is 5.91 Å². The molecule has 2 aliphatic rings. The maximum atomic E-state index is 15.5. The first-order valence-corrected chi connectivity index (χ1v) is 9.77. The maximum Gasteiger partial charge on any atom is 0.308 e. The Balaban J connectivity index is 2.34. The molecule has 10 heteroatoms. The van der Waals surface area contributed by atoms with Crippen molar-refractivity contribution in [1.82, 2.24) is 10.2 Å². The van der Waals surface area contributed by atoms with E-state index < -0.39 is 60.4 Å². The molecule has 2 aliphatic heterocycles. The lowest BCUT2D eigenvalue weighted by atomic mass is 9.98. The Morgan fingerprint density at radius 1 is 1.34 bits per heavy atom. The van der Waals surface area contributed by atoms with E-state index >= 15 is 4.39 Å². The summed E-state index contributed by atoms with van der Waals surface area (Å²) in [6.45, 7) is 9.78. The van der Waals surface area contributed by atoms with Gasteiger partial charge in [0.2, 0.25) is 0 Å². The molecule has 162 valence electrons. The van der Waals surface area contributed by atoms with Gasteiger partial charge in [0.1, 0.15) is 12.4 Å². The van der Waals surface area contributed by atoms with E-state index in [0.29, 0.717) is 0 Å². The summed E-state index contributed by atoms with van der Waals surface area (Å²) in [5.74, 6) is -2.75. The van der Waals surface area contributed by atoms with Crippen LogP contribution in [0.4, 0.5) is 4.39 Å². The van der Waals surface area contributed by atoms with Gasteiger partial charge in [0, 0.05) is 12.3 Å². The van der Waals surface area contributed by atoms with Gasteiger partial charge in [-0.3, -0.25) is 14.4 Å². The molecule has 1 fully saturated rings. The van der Waals surface area contributed by atoms with Gasteiger partial charge in [0.15, 0.2) is 24.1 Å². The Morgan fingerprint density at radius 3 is 2.48 bits per heavy atom. The first-order chi connectivity index (χ1) is 13.5. The molecule has 0 aliphatic carbocycles. The highest BCUT2D eigenvalue weighted by Gasteiger charge is 2.60. The lowest BCUT2D eigenvalue weighted by Gasteiger charge is -2.33. The average Bonchev–Trinajstić information content (AvgIpc) is 2.92. The third-order valence-corrected chi connectivity index (χ3v) is 5.00.